The molecular formula is C16H22N4OS. The van der Waals surface area contributed by atoms with Crippen molar-refractivity contribution >= 4 is 11.3 Å². The number of rotatable bonds is 6. The lowest BCUT2D eigenvalue weighted by Gasteiger charge is -2.26. The number of ether oxygens (including phenoxy) is 1. The SMILES string of the molecule is Cc1sc(-c2cnccn2)nc1OCCCN1CCCCC1. The van der Waals surface area contributed by atoms with Gasteiger partial charge in [-0.1, -0.05) is 6.42 Å². The van der Waals surface area contributed by atoms with Gasteiger partial charge in [-0.2, -0.15) is 4.98 Å². The van der Waals surface area contributed by atoms with Crippen LogP contribution in [0.3, 0.4) is 0 Å². The maximum atomic E-state index is 5.85. The zero-order valence-corrected chi connectivity index (χ0v) is 13.8. The molecule has 0 N–H and O–H groups in total. The number of likely N-dealkylation sites (tertiary alicyclic amines) is 1. The topological polar surface area (TPSA) is 51.1 Å². The molecule has 0 atom stereocenters. The van der Waals surface area contributed by atoms with Crippen LogP contribution < -0.4 is 4.74 Å². The Balaban J connectivity index is 1.49. The van der Waals surface area contributed by atoms with Crippen molar-refractivity contribution < 1.29 is 4.74 Å². The second-order valence-corrected chi connectivity index (χ2v) is 6.78. The first-order valence-electron chi connectivity index (χ1n) is 7.92. The van der Waals surface area contributed by atoms with Gasteiger partial charge < -0.3 is 9.64 Å². The standard InChI is InChI=1S/C16H22N4OS/c1-13-15(19-16(22-13)14-12-17-6-7-18-14)21-11-5-10-20-8-3-2-4-9-20/h6-7,12H,2-5,8-11H2,1H3. The van der Waals surface area contributed by atoms with Crippen molar-refractivity contribution in [2.24, 2.45) is 0 Å². The largest absolute Gasteiger partial charge is 0.477 e. The molecule has 1 saturated heterocycles. The second-order valence-electron chi connectivity index (χ2n) is 5.58. The number of aromatic nitrogens is 3. The Labute approximate surface area is 135 Å². The Morgan fingerprint density at radius 2 is 2.09 bits per heavy atom. The molecule has 0 aromatic carbocycles. The Morgan fingerprint density at radius 1 is 1.23 bits per heavy atom. The van der Waals surface area contributed by atoms with Crippen molar-refractivity contribution in [3.05, 3.63) is 23.5 Å². The predicted molar refractivity (Wildman–Crippen MR) is 88.3 cm³/mol. The normalized spacial score (nSPS) is 15.9. The van der Waals surface area contributed by atoms with Gasteiger partial charge in [0.1, 0.15) is 10.7 Å². The van der Waals surface area contributed by atoms with Crippen LogP contribution in [0.25, 0.3) is 10.7 Å². The minimum absolute atomic E-state index is 0.723. The highest BCUT2D eigenvalue weighted by atomic mass is 32.1. The van der Waals surface area contributed by atoms with Crippen LogP contribution in [0.4, 0.5) is 0 Å². The fraction of sp³-hybridized carbons (Fsp3) is 0.562. The monoisotopic (exact) mass is 318 g/mol. The number of thiazole rings is 1. The van der Waals surface area contributed by atoms with Gasteiger partial charge in [-0.25, -0.2) is 0 Å². The highest BCUT2D eigenvalue weighted by molar-refractivity contribution is 7.15. The summed E-state index contributed by atoms with van der Waals surface area (Å²) in [4.78, 5) is 16.5. The third kappa shape index (κ3) is 4.01. The van der Waals surface area contributed by atoms with E-state index in [0.717, 1.165) is 41.0 Å². The van der Waals surface area contributed by atoms with Gasteiger partial charge in [0, 0.05) is 18.9 Å². The van der Waals surface area contributed by atoms with Crippen molar-refractivity contribution in [1.82, 2.24) is 19.9 Å². The Hall–Kier alpha value is -1.53. The first-order chi connectivity index (χ1) is 10.8. The van der Waals surface area contributed by atoms with E-state index in [-0.39, 0.29) is 0 Å². The van der Waals surface area contributed by atoms with Crippen LogP contribution in [0.2, 0.25) is 0 Å². The fourth-order valence-electron chi connectivity index (χ4n) is 2.68. The average molecular weight is 318 g/mol. The number of piperidine rings is 1. The lowest BCUT2D eigenvalue weighted by molar-refractivity contribution is 0.203. The highest BCUT2D eigenvalue weighted by Gasteiger charge is 2.12. The van der Waals surface area contributed by atoms with Gasteiger partial charge in [-0.05, 0) is 39.3 Å². The third-order valence-electron chi connectivity index (χ3n) is 3.84. The van der Waals surface area contributed by atoms with E-state index in [1.807, 2.05) is 6.92 Å². The molecule has 0 unspecified atom stereocenters. The summed E-state index contributed by atoms with van der Waals surface area (Å²) >= 11 is 1.60. The smallest absolute Gasteiger partial charge is 0.228 e. The molecule has 0 amide bonds. The van der Waals surface area contributed by atoms with Gasteiger partial charge in [0.25, 0.3) is 0 Å². The Bertz CT molecular complexity index is 581. The van der Waals surface area contributed by atoms with Crippen LogP contribution >= 0.6 is 11.3 Å². The molecule has 3 heterocycles. The van der Waals surface area contributed by atoms with E-state index in [2.05, 4.69) is 19.9 Å². The van der Waals surface area contributed by atoms with Crippen molar-refractivity contribution in [2.75, 3.05) is 26.2 Å². The molecule has 1 aliphatic rings. The van der Waals surface area contributed by atoms with Gasteiger partial charge in [0.05, 0.1) is 17.7 Å². The average Bonchev–Trinajstić information content (AvgIpc) is 2.94. The van der Waals surface area contributed by atoms with E-state index < -0.39 is 0 Å². The summed E-state index contributed by atoms with van der Waals surface area (Å²) < 4.78 is 5.85. The summed E-state index contributed by atoms with van der Waals surface area (Å²) in [6.45, 7) is 6.37. The van der Waals surface area contributed by atoms with Gasteiger partial charge in [0.15, 0.2) is 0 Å². The molecule has 22 heavy (non-hydrogen) atoms. The molecule has 0 aliphatic carbocycles. The second kappa shape index (κ2) is 7.65. The van der Waals surface area contributed by atoms with Crippen molar-refractivity contribution in [3.63, 3.8) is 0 Å². The van der Waals surface area contributed by atoms with Crippen molar-refractivity contribution in [2.45, 2.75) is 32.6 Å². The predicted octanol–water partition coefficient (Wildman–Crippen LogP) is 3.16. The highest BCUT2D eigenvalue weighted by Crippen LogP contribution is 2.30. The quantitative estimate of drug-likeness (QED) is 0.766. The van der Waals surface area contributed by atoms with E-state index in [0.29, 0.717) is 0 Å². The maximum absolute atomic E-state index is 5.85. The van der Waals surface area contributed by atoms with E-state index in [1.165, 1.54) is 32.4 Å². The molecule has 0 radical (unpaired) electrons. The molecular weight excluding hydrogens is 296 g/mol. The molecule has 3 rings (SSSR count). The van der Waals surface area contributed by atoms with Crippen LogP contribution in [0.1, 0.15) is 30.6 Å². The molecule has 0 spiro atoms. The molecule has 0 saturated carbocycles. The summed E-state index contributed by atoms with van der Waals surface area (Å²) in [5.74, 6) is 0.740. The number of hydrogen-bond acceptors (Lipinski definition) is 6. The van der Waals surface area contributed by atoms with Crippen LogP contribution in [-0.4, -0.2) is 46.1 Å². The molecule has 118 valence electrons. The summed E-state index contributed by atoms with van der Waals surface area (Å²) in [7, 11) is 0. The molecule has 0 bridgehead atoms. The van der Waals surface area contributed by atoms with Gasteiger partial charge in [0.2, 0.25) is 5.88 Å². The molecule has 1 fully saturated rings. The van der Waals surface area contributed by atoms with Gasteiger partial charge in [-0.15, -0.1) is 11.3 Å². The molecule has 6 heteroatoms. The minimum atomic E-state index is 0.723. The van der Waals surface area contributed by atoms with Gasteiger partial charge in [-0.3, -0.25) is 9.97 Å². The number of aryl methyl sites for hydroxylation is 1. The minimum Gasteiger partial charge on any atom is -0.477 e. The third-order valence-corrected chi connectivity index (χ3v) is 4.82. The summed E-state index contributed by atoms with van der Waals surface area (Å²) in [5, 5.41) is 0.872. The fourth-order valence-corrected chi connectivity index (χ4v) is 3.50. The first-order valence-corrected chi connectivity index (χ1v) is 8.73. The molecule has 2 aromatic rings. The summed E-state index contributed by atoms with van der Waals surface area (Å²) in [6.07, 6.45) is 10.2. The van der Waals surface area contributed by atoms with Crippen LogP contribution in [0.5, 0.6) is 5.88 Å². The first kappa shape index (κ1) is 15.4. The lowest BCUT2D eigenvalue weighted by atomic mass is 10.1. The summed E-state index contributed by atoms with van der Waals surface area (Å²) in [5.41, 5.74) is 0.804. The van der Waals surface area contributed by atoms with E-state index >= 15 is 0 Å². The Kier molecular flexibility index (Phi) is 5.34. The number of nitrogens with zero attached hydrogens (tertiary/aromatic N) is 4. The summed E-state index contributed by atoms with van der Waals surface area (Å²) in [6, 6.07) is 0. The zero-order valence-electron chi connectivity index (χ0n) is 13.0. The zero-order chi connectivity index (χ0) is 15.2. The van der Waals surface area contributed by atoms with E-state index in [1.54, 1.807) is 29.9 Å². The molecule has 5 nitrogen and oxygen atoms in total. The van der Waals surface area contributed by atoms with Crippen LogP contribution in [0, 0.1) is 6.92 Å². The Morgan fingerprint density at radius 3 is 2.86 bits per heavy atom. The molecule has 2 aromatic heterocycles. The van der Waals surface area contributed by atoms with Crippen LogP contribution in [0.15, 0.2) is 18.6 Å². The van der Waals surface area contributed by atoms with Crippen molar-refractivity contribution in [3.8, 4) is 16.6 Å². The molecule has 1 aliphatic heterocycles. The van der Waals surface area contributed by atoms with E-state index in [9.17, 15) is 0 Å². The van der Waals surface area contributed by atoms with E-state index in [4.69, 9.17) is 4.74 Å². The maximum Gasteiger partial charge on any atom is 0.228 e. The number of hydrogen-bond donors (Lipinski definition) is 0. The van der Waals surface area contributed by atoms with Crippen LogP contribution in [-0.2, 0) is 0 Å². The van der Waals surface area contributed by atoms with Gasteiger partial charge >= 0.3 is 0 Å². The van der Waals surface area contributed by atoms with Crippen molar-refractivity contribution in [1.29, 1.82) is 0 Å². The lowest BCUT2D eigenvalue weighted by Crippen LogP contribution is -2.31.